The molecule has 2 saturated heterocycles. The van der Waals surface area contributed by atoms with Crippen LogP contribution in [0.4, 0.5) is 0 Å². The zero-order valence-electron chi connectivity index (χ0n) is 7.29. The first-order chi connectivity index (χ1) is 5.76. The molecule has 1 N–H and O–H groups in total. The lowest BCUT2D eigenvalue weighted by Gasteiger charge is -2.27. The average Bonchev–Trinajstić information content (AvgIpc) is 2.57. The fourth-order valence-electron chi connectivity index (χ4n) is 2.59. The molecule has 66 valence electrons. The van der Waals surface area contributed by atoms with Gasteiger partial charge in [-0.3, -0.25) is 4.90 Å². The van der Waals surface area contributed by atoms with E-state index in [9.17, 15) is 5.11 Å². The van der Waals surface area contributed by atoms with Gasteiger partial charge in [0.1, 0.15) is 0 Å². The Kier molecular flexibility index (Phi) is 1.86. The number of nitrogens with zero attached hydrogens (tertiary/aromatic N) is 1. The highest BCUT2D eigenvalue weighted by atomic mass is 16.3. The van der Waals surface area contributed by atoms with Crippen molar-refractivity contribution in [2.75, 3.05) is 13.1 Å². The molecule has 2 aliphatic heterocycles. The summed E-state index contributed by atoms with van der Waals surface area (Å²) in [6, 6.07) is 0.355. The largest absolute Gasteiger partial charge is 0.387 e. The van der Waals surface area contributed by atoms with Gasteiger partial charge in [-0.1, -0.05) is 0 Å². The van der Waals surface area contributed by atoms with Crippen LogP contribution in [0.1, 0.15) is 25.7 Å². The Balaban J connectivity index is 2.13. The fourth-order valence-corrected chi connectivity index (χ4v) is 2.59. The lowest BCUT2D eigenvalue weighted by atomic mass is 9.90. The maximum absolute atomic E-state index is 10.2. The van der Waals surface area contributed by atoms with Crippen molar-refractivity contribution >= 4 is 0 Å². The summed E-state index contributed by atoms with van der Waals surface area (Å²) in [5.41, 5.74) is -0.564. The molecule has 0 aromatic heterocycles. The van der Waals surface area contributed by atoms with Crippen LogP contribution >= 0.6 is 0 Å². The van der Waals surface area contributed by atoms with Crippen LogP contribution in [0.5, 0.6) is 0 Å². The summed E-state index contributed by atoms with van der Waals surface area (Å²) in [6.45, 7) is 2.18. The summed E-state index contributed by atoms with van der Waals surface area (Å²) in [7, 11) is 0. The highest BCUT2D eigenvalue weighted by Crippen LogP contribution is 2.37. The number of terminal acetylenes is 1. The molecule has 0 radical (unpaired) electrons. The van der Waals surface area contributed by atoms with E-state index >= 15 is 0 Å². The van der Waals surface area contributed by atoms with Gasteiger partial charge in [0.15, 0.2) is 0 Å². The van der Waals surface area contributed by atoms with Crippen molar-refractivity contribution in [2.45, 2.75) is 37.3 Å². The van der Waals surface area contributed by atoms with Crippen molar-refractivity contribution in [2.24, 2.45) is 0 Å². The third-order valence-electron chi connectivity index (χ3n) is 3.22. The number of hydrogen-bond donors (Lipinski definition) is 1. The van der Waals surface area contributed by atoms with E-state index in [1.165, 1.54) is 6.42 Å². The molecule has 12 heavy (non-hydrogen) atoms. The predicted octanol–water partition coefficient (Wildman–Crippen LogP) is 0.609. The minimum atomic E-state index is -0.564. The van der Waals surface area contributed by atoms with Gasteiger partial charge in [0.05, 0.1) is 5.60 Å². The summed E-state index contributed by atoms with van der Waals surface area (Å²) in [6.07, 6.45) is 8.98. The van der Waals surface area contributed by atoms with Crippen LogP contribution in [0, 0.1) is 12.3 Å². The third-order valence-corrected chi connectivity index (χ3v) is 3.22. The second-order valence-electron chi connectivity index (χ2n) is 3.93. The van der Waals surface area contributed by atoms with Gasteiger partial charge in [-0.25, -0.2) is 0 Å². The van der Waals surface area contributed by atoms with Crippen LogP contribution in [-0.4, -0.2) is 34.7 Å². The standard InChI is InChI=1S/C10H15NO/c1-2-5-10(12)6-8-11-7-3-4-9(10)11/h1,9,12H,3-8H2. The van der Waals surface area contributed by atoms with Gasteiger partial charge in [0, 0.05) is 19.0 Å². The quantitative estimate of drug-likeness (QED) is 0.575. The normalized spacial score (nSPS) is 41.2. The van der Waals surface area contributed by atoms with Crippen molar-refractivity contribution in [3.05, 3.63) is 0 Å². The van der Waals surface area contributed by atoms with Crippen molar-refractivity contribution in [3.63, 3.8) is 0 Å². The predicted molar refractivity (Wildman–Crippen MR) is 47.6 cm³/mol. The van der Waals surface area contributed by atoms with Crippen molar-refractivity contribution in [1.29, 1.82) is 0 Å². The Morgan fingerprint density at radius 2 is 2.42 bits per heavy atom. The molecular weight excluding hydrogens is 150 g/mol. The molecule has 0 aromatic carbocycles. The Bertz CT molecular complexity index is 220. The molecule has 2 unspecified atom stereocenters. The molecule has 2 nitrogen and oxygen atoms in total. The number of aliphatic hydroxyl groups is 1. The number of rotatable bonds is 1. The van der Waals surface area contributed by atoms with Crippen LogP contribution in [0.3, 0.4) is 0 Å². The van der Waals surface area contributed by atoms with Crippen molar-refractivity contribution in [1.82, 2.24) is 4.90 Å². The molecule has 0 aliphatic carbocycles. The van der Waals surface area contributed by atoms with E-state index in [2.05, 4.69) is 10.8 Å². The monoisotopic (exact) mass is 165 g/mol. The van der Waals surface area contributed by atoms with Crippen LogP contribution in [0.25, 0.3) is 0 Å². The van der Waals surface area contributed by atoms with Crippen LogP contribution in [-0.2, 0) is 0 Å². The zero-order chi connectivity index (χ0) is 8.60. The van der Waals surface area contributed by atoms with E-state index in [0.29, 0.717) is 12.5 Å². The number of fused-ring (bicyclic) bond motifs is 1. The highest BCUT2D eigenvalue weighted by Gasteiger charge is 2.47. The summed E-state index contributed by atoms with van der Waals surface area (Å²) in [4.78, 5) is 2.37. The molecule has 0 saturated carbocycles. The molecule has 2 heterocycles. The minimum absolute atomic E-state index is 0.355. The van der Waals surface area contributed by atoms with Crippen LogP contribution in [0.15, 0.2) is 0 Å². The maximum atomic E-state index is 10.2. The molecule has 2 rings (SSSR count). The van der Waals surface area contributed by atoms with E-state index in [1.807, 2.05) is 0 Å². The summed E-state index contributed by atoms with van der Waals surface area (Å²) in [5.74, 6) is 2.59. The van der Waals surface area contributed by atoms with Gasteiger partial charge in [-0.2, -0.15) is 0 Å². The van der Waals surface area contributed by atoms with E-state index < -0.39 is 5.60 Å². The Labute approximate surface area is 73.6 Å². The Morgan fingerprint density at radius 3 is 3.17 bits per heavy atom. The summed E-state index contributed by atoms with van der Waals surface area (Å²) < 4.78 is 0. The van der Waals surface area contributed by atoms with Gasteiger partial charge in [0.2, 0.25) is 0 Å². The second kappa shape index (κ2) is 2.76. The maximum Gasteiger partial charge on any atom is 0.0922 e. The van der Waals surface area contributed by atoms with E-state index in [-0.39, 0.29) is 0 Å². The average molecular weight is 165 g/mol. The molecule has 0 bridgehead atoms. The molecule has 0 amide bonds. The first-order valence-corrected chi connectivity index (χ1v) is 4.66. The first kappa shape index (κ1) is 8.10. The Morgan fingerprint density at radius 1 is 1.58 bits per heavy atom. The van der Waals surface area contributed by atoms with Crippen molar-refractivity contribution in [3.8, 4) is 12.3 Å². The molecule has 2 atom stereocenters. The molecule has 2 aliphatic rings. The smallest absolute Gasteiger partial charge is 0.0922 e. The van der Waals surface area contributed by atoms with E-state index in [4.69, 9.17) is 6.42 Å². The van der Waals surface area contributed by atoms with Crippen LogP contribution < -0.4 is 0 Å². The van der Waals surface area contributed by atoms with E-state index in [0.717, 1.165) is 25.9 Å². The van der Waals surface area contributed by atoms with Crippen LogP contribution in [0.2, 0.25) is 0 Å². The second-order valence-corrected chi connectivity index (χ2v) is 3.93. The van der Waals surface area contributed by atoms with Gasteiger partial charge >= 0.3 is 0 Å². The topological polar surface area (TPSA) is 23.5 Å². The van der Waals surface area contributed by atoms with Gasteiger partial charge in [-0.05, 0) is 25.8 Å². The zero-order valence-corrected chi connectivity index (χ0v) is 7.29. The SMILES string of the molecule is C#CCC1(O)CCN2CCCC21. The molecule has 2 fully saturated rings. The number of hydrogen-bond acceptors (Lipinski definition) is 2. The minimum Gasteiger partial charge on any atom is -0.387 e. The molecule has 0 aromatic rings. The molecule has 2 heteroatoms. The summed E-state index contributed by atoms with van der Waals surface area (Å²) in [5, 5.41) is 10.2. The highest BCUT2D eigenvalue weighted by molar-refractivity contribution is 5.08. The Hall–Kier alpha value is -0.520. The third kappa shape index (κ3) is 1.05. The lowest BCUT2D eigenvalue weighted by molar-refractivity contribution is 0.0186. The van der Waals surface area contributed by atoms with Gasteiger partial charge in [-0.15, -0.1) is 12.3 Å². The van der Waals surface area contributed by atoms with E-state index in [1.54, 1.807) is 0 Å². The fraction of sp³-hybridized carbons (Fsp3) is 0.800. The first-order valence-electron chi connectivity index (χ1n) is 4.66. The lowest BCUT2D eigenvalue weighted by Crippen LogP contribution is -2.40. The van der Waals surface area contributed by atoms with Gasteiger partial charge < -0.3 is 5.11 Å². The van der Waals surface area contributed by atoms with Crippen molar-refractivity contribution < 1.29 is 5.11 Å². The molecular formula is C10H15NO. The van der Waals surface area contributed by atoms with Gasteiger partial charge in [0.25, 0.3) is 0 Å². The molecule has 0 spiro atoms. The summed E-state index contributed by atoms with van der Waals surface area (Å²) >= 11 is 0.